The molecule has 134 valence electrons. The van der Waals surface area contributed by atoms with Gasteiger partial charge in [-0.15, -0.1) is 0 Å². The monoisotopic (exact) mass is 349 g/mol. The predicted molar refractivity (Wildman–Crippen MR) is 75.0 cm³/mol. The Kier molecular flexibility index (Phi) is 4.62. The zero-order valence-electron chi connectivity index (χ0n) is 13.5. The van der Waals surface area contributed by atoms with Crippen LogP contribution in [0.25, 0.3) is 0 Å². The van der Waals surface area contributed by atoms with E-state index in [2.05, 4.69) is 5.10 Å². The van der Waals surface area contributed by atoms with Crippen LogP contribution in [0.4, 0.5) is 13.2 Å². The number of ether oxygens (including phenoxy) is 1. The van der Waals surface area contributed by atoms with Crippen LogP contribution in [0.15, 0.2) is 0 Å². The van der Waals surface area contributed by atoms with Gasteiger partial charge in [0.05, 0.1) is 18.8 Å². The number of aryl methyl sites for hydroxylation is 1. The van der Waals surface area contributed by atoms with Crippen molar-refractivity contribution in [2.75, 3.05) is 13.2 Å². The van der Waals surface area contributed by atoms with Gasteiger partial charge in [-0.2, -0.15) is 18.3 Å². The van der Waals surface area contributed by atoms with E-state index in [1.807, 2.05) is 0 Å². The molecule has 0 saturated carbocycles. The highest BCUT2D eigenvalue weighted by Gasteiger charge is 2.57. The summed E-state index contributed by atoms with van der Waals surface area (Å²) in [5, 5.41) is 13.7. The number of hydrogen-bond acceptors (Lipinski definition) is 5. The number of amides is 1. The molecule has 1 aliphatic rings. The molecule has 0 fully saturated rings. The fourth-order valence-electron chi connectivity index (χ4n) is 2.56. The van der Waals surface area contributed by atoms with Crippen molar-refractivity contribution in [3.05, 3.63) is 17.0 Å². The number of rotatable bonds is 3. The van der Waals surface area contributed by atoms with Crippen molar-refractivity contribution < 1.29 is 32.6 Å². The third-order valence-corrected chi connectivity index (χ3v) is 3.92. The van der Waals surface area contributed by atoms with E-state index in [1.54, 1.807) is 6.92 Å². The molecule has 0 aliphatic carbocycles. The molecule has 1 amide bonds. The second-order valence-corrected chi connectivity index (χ2v) is 5.66. The van der Waals surface area contributed by atoms with Gasteiger partial charge in [0.2, 0.25) is 5.60 Å². The molecule has 2 heterocycles. The average molecular weight is 349 g/mol. The molecule has 1 unspecified atom stereocenters. The molecule has 1 N–H and O–H groups in total. The Hall–Kier alpha value is -2.10. The molecular formula is C14H18F3N3O4. The Morgan fingerprint density at radius 3 is 2.54 bits per heavy atom. The van der Waals surface area contributed by atoms with Crippen LogP contribution < -0.4 is 0 Å². The zero-order chi connectivity index (χ0) is 18.3. The largest absolute Gasteiger partial charge is 0.461 e. The molecule has 0 saturated heterocycles. The number of halogens is 3. The maximum Gasteiger partial charge on any atom is 0.426 e. The minimum absolute atomic E-state index is 0.0304. The summed E-state index contributed by atoms with van der Waals surface area (Å²) in [4.78, 5) is 25.0. The van der Waals surface area contributed by atoms with Gasteiger partial charge in [-0.3, -0.25) is 9.48 Å². The first kappa shape index (κ1) is 18.2. The second-order valence-electron chi connectivity index (χ2n) is 5.66. The lowest BCUT2D eigenvalue weighted by molar-refractivity contribution is -0.250. The van der Waals surface area contributed by atoms with Gasteiger partial charge in [-0.05, 0) is 13.8 Å². The lowest BCUT2D eigenvalue weighted by atomic mass is 10.00. The molecule has 0 spiro atoms. The van der Waals surface area contributed by atoms with E-state index in [0.29, 0.717) is 18.2 Å². The van der Waals surface area contributed by atoms with Gasteiger partial charge in [0.25, 0.3) is 5.91 Å². The maximum absolute atomic E-state index is 12.9. The van der Waals surface area contributed by atoms with E-state index in [0.717, 1.165) is 4.90 Å². The summed E-state index contributed by atoms with van der Waals surface area (Å²) in [5.74, 6) is -2.12. The number of carbonyl (C=O) groups is 2. The highest BCUT2D eigenvalue weighted by molar-refractivity contribution is 5.90. The number of esters is 1. The molecule has 10 heteroatoms. The average Bonchev–Trinajstić information content (AvgIpc) is 2.80. The Morgan fingerprint density at radius 2 is 2.00 bits per heavy atom. The fraction of sp³-hybridized carbons (Fsp3) is 0.643. The standard InChI is InChI=1S/C14H18F3N3O4/c1-4-24-11(21)10-8-7-20(6-5-9(8)18-19(10)3)12(22)13(2,23)14(15,16)17/h23H,4-7H2,1-3H3. The van der Waals surface area contributed by atoms with Crippen LogP contribution in [-0.2, 0) is 29.5 Å². The summed E-state index contributed by atoms with van der Waals surface area (Å²) >= 11 is 0. The van der Waals surface area contributed by atoms with Crippen LogP contribution in [0.1, 0.15) is 35.6 Å². The quantitative estimate of drug-likeness (QED) is 0.816. The smallest absolute Gasteiger partial charge is 0.426 e. The van der Waals surface area contributed by atoms with Crippen molar-refractivity contribution in [1.82, 2.24) is 14.7 Å². The minimum atomic E-state index is -5.09. The second kappa shape index (κ2) is 6.08. The summed E-state index contributed by atoms with van der Waals surface area (Å²) in [7, 11) is 1.52. The topological polar surface area (TPSA) is 84.7 Å². The number of aliphatic hydroxyl groups is 1. The summed E-state index contributed by atoms with van der Waals surface area (Å²) in [6, 6.07) is 0. The number of carbonyl (C=O) groups excluding carboxylic acids is 2. The summed E-state index contributed by atoms with van der Waals surface area (Å²) in [5.41, 5.74) is -2.53. The third kappa shape index (κ3) is 2.97. The van der Waals surface area contributed by atoms with Crippen molar-refractivity contribution in [2.45, 2.75) is 38.6 Å². The van der Waals surface area contributed by atoms with Gasteiger partial charge >= 0.3 is 12.1 Å². The van der Waals surface area contributed by atoms with Crippen molar-refractivity contribution in [1.29, 1.82) is 0 Å². The van der Waals surface area contributed by atoms with E-state index >= 15 is 0 Å². The first-order valence-corrected chi connectivity index (χ1v) is 7.31. The molecule has 1 aromatic heterocycles. The molecule has 1 aromatic rings. The third-order valence-electron chi connectivity index (χ3n) is 3.92. The van der Waals surface area contributed by atoms with Gasteiger partial charge in [-0.25, -0.2) is 4.79 Å². The molecule has 0 radical (unpaired) electrons. The first-order chi connectivity index (χ1) is 11.0. The Labute approximate surface area is 136 Å². The number of nitrogens with zero attached hydrogens (tertiary/aromatic N) is 3. The van der Waals surface area contributed by atoms with Crippen LogP contribution in [-0.4, -0.2) is 56.6 Å². The summed E-state index contributed by atoms with van der Waals surface area (Å²) in [6.07, 6.45) is -4.91. The minimum Gasteiger partial charge on any atom is -0.461 e. The van der Waals surface area contributed by atoms with Crippen molar-refractivity contribution in [2.24, 2.45) is 7.05 Å². The number of aromatic nitrogens is 2. The maximum atomic E-state index is 12.9. The first-order valence-electron chi connectivity index (χ1n) is 7.31. The van der Waals surface area contributed by atoms with Crippen molar-refractivity contribution >= 4 is 11.9 Å². The van der Waals surface area contributed by atoms with E-state index < -0.39 is 23.7 Å². The number of alkyl halides is 3. The van der Waals surface area contributed by atoms with Gasteiger partial charge in [0, 0.05) is 25.6 Å². The van der Waals surface area contributed by atoms with Crippen LogP contribution in [0, 0.1) is 0 Å². The highest BCUT2D eigenvalue weighted by Crippen LogP contribution is 2.33. The van der Waals surface area contributed by atoms with Crippen LogP contribution in [0.2, 0.25) is 0 Å². The summed E-state index contributed by atoms with van der Waals surface area (Å²) < 4.78 is 44.8. The number of fused-ring (bicyclic) bond motifs is 1. The van der Waals surface area contributed by atoms with E-state index in [-0.39, 0.29) is 31.8 Å². The molecule has 7 nitrogen and oxygen atoms in total. The molecule has 2 rings (SSSR count). The molecule has 0 bridgehead atoms. The van der Waals surface area contributed by atoms with Crippen LogP contribution in [0.5, 0.6) is 0 Å². The van der Waals surface area contributed by atoms with Crippen molar-refractivity contribution in [3.63, 3.8) is 0 Å². The summed E-state index contributed by atoms with van der Waals surface area (Å²) in [6.45, 7) is 1.89. The van der Waals surface area contributed by atoms with Crippen LogP contribution in [0.3, 0.4) is 0 Å². The van der Waals surface area contributed by atoms with E-state index in [9.17, 15) is 27.9 Å². The lowest BCUT2D eigenvalue weighted by Gasteiger charge is -2.34. The Bertz CT molecular complexity index is 667. The Morgan fingerprint density at radius 1 is 1.38 bits per heavy atom. The Balaban J connectivity index is 2.32. The zero-order valence-corrected chi connectivity index (χ0v) is 13.5. The number of hydrogen-bond donors (Lipinski definition) is 1. The molecule has 1 atom stereocenters. The highest BCUT2D eigenvalue weighted by atomic mass is 19.4. The van der Waals surface area contributed by atoms with E-state index in [4.69, 9.17) is 4.74 Å². The SMILES string of the molecule is CCOC(=O)c1c2c(nn1C)CCN(C(=O)C(C)(O)C(F)(F)F)C2. The van der Waals surface area contributed by atoms with Gasteiger partial charge in [-0.1, -0.05) is 0 Å². The molecule has 1 aliphatic heterocycles. The molecule has 0 aromatic carbocycles. The van der Waals surface area contributed by atoms with Gasteiger partial charge < -0.3 is 14.7 Å². The lowest BCUT2D eigenvalue weighted by Crippen LogP contribution is -2.56. The molecule has 24 heavy (non-hydrogen) atoms. The normalized spacial score (nSPS) is 17.2. The fourth-order valence-corrected chi connectivity index (χ4v) is 2.56. The predicted octanol–water partition coefficient (Wildman–Crippen LogP) is 0.795. The van der Waals surface area contributed by atoms with Crippen molar-refractivity contribution in [3.8, 4) is 0 Å². The van der Waals surface area contributed by atoms with Gasteiger partial charge in [0.1, 0.15) is 0 Å². The van der Waals surface area contributed by atoms with Gasteiger partial charge in [0.15, 0.2) is 5.69 Å². The molecular weight excluding hydrogens is 331 g/mol. The van der Waals surface area contributed by atoms with E-state index in [1.165, 1.54) is 11.7 Å². The van der Waals surface area contributed by atoms with Crippen LogP contribution >= 0.6 is 0 Å².